The van der Waals surface area contributed by atoms with Gasteiger partial charge in [-0.15, -0.1) is 0 Å². The number of carboxylic acids is 1. The molecule has 2 atom stereocenters. The molecule has 1 fully saturated rings. The zero-order chi connectivity index (χ0) is 11.1. The van der Waals surface area contributed by atoms with E-state index in [1.165, 1.54) is 0 Å². The van der Waals surface area contributed by atoms with Crippen LogP contribution in [0, 0.1) is 5.92 Å². The van der Waals surface area contributed by atoms with E-state index in [0.29, 0.717) is 19.1 Å². The van der Waals surface area contributed by atoms with E-state index in [1.807, 2.05) is 0 Å². The Morgan fingerprint density at radius 3 is 2.53 bits per heavy atom. The first kappa shape index (κ1) is 12.5. The van der Waals surface area contributed by atoms with Crippen LogP contribution in [0.4, 0.5) is 0 Å². The highest BCUT2D eigenvalue weighted by Gasteiger charge is 2.25. The van der Waals surface area contributed by atoms with E-state index in [9.17, 15) is 9.90 Å². The Hall–Kier alpha value is -0.610. The van der Waals surface area contributed by atoms with Gasteiger partial charge in [0.05, 0.1) is 19.3 Å². The van der Waals surface area contributed by atoms with Crippen LogP contribution in [0.15, 0.2) is 0 Å². The highest BCUT2D eigenvalue weighted by atomic mass is 16.5. The normalized spacial score (nSPS) is 25.7. The first-order valence-corrected chi connectivity index (χ1v) is 5.67. The third-order valence-corrected chi connectivity index (χ3v) is 2.88. The van der Waals surface area contributed by atoms with Gasteiger partial charge in [-0.05, 0) is 12.8 Å². The molecule has 4 heteroatoms. The maximum absolute atomic E-state index is 10.2. The lowest BCUT2D eigenvalue weighted by Gasteiger charge is -2.11. The standard InChI is InChI=1S/C11H20O4/c12-10-8-15-7-9(10)5-3-1-2-4-6-11(13)14/h9-10,12H,1-8H2,(H,13,14)/t9-,10+/m1/s1. The summed E-state index contributed by atoms with van der Waals surface area (Å²) in [5, 5.41) is 17.9. The minimum atomic E-state index is -0.713. The molecule has 0 bridgehead atoms. The van der Waals surface area contributed by atoms with Gasteiger partial charge >= 0.3 is 5.97 Å². The number of aliphatic hydroxyl groups excluding tert-OH is 1. The number of carboxylic acid groups (broad SMARTS) is 1. The van der Waals surface area contributed by atoms with Crippen molar-refractivity contribution in [2.75, 3.05) is 13.2 Å². The van der Waals surface area contributed by atoms with E-state index in [0.717, 1.165) is 32.1 Å². The van der Waals surface area contributed by atoms with Gasteiger partial charge in [-0.1, -0.05) is 19.3 Å². The molecule has 0 unspecified atom stereocenters. The second-order valence-electron chi connectivity index (χ2n) is 4.21. The molecular weight excluding hydrogens is 196 g/mol. The van der Waals surface area contributed by atoms with Gasteiger partial charge in [0, 0.05) is 12.3 Å². The van der Waals surface area contributed by atoms with Gasteiger partial charge in [0.2, 0.25) is 0 Å². The third-order valence-electron chi connectivity index (χ3n) is 2.88. The topological polar surface area (TPSA) is 66.8 Å². The predicted octanol–water partition coefficient (Wildman–Crippen LogP) is 1.42. The average Bonchev–Trinajstić information content (AvgIpc) is 2.57. The van der Waals surface area contributed by atoms with Crippen molar-refractivity contribution >= 4 is 5.97 Å². The van der Waals surface area contributed by atoms with Crippen molar-refractivity contribution in [3.05, 3.63) is 0 Å². The zero-order valence-electron chi connectivity index (χ0n) is 9.02. The van der Waals surface area contributed by atoms with Gasteiger partial charge in [-0.3, -0.25) is 4.79 Å². The molecule has 0 aromatic rings. The summed E-state index contributed by atoms with van der Waals surface area (Å²) < 4.78 is 5.15. The third kappa shape index (κ3) is 5.14. The maximum atomic E-state index is 10.2. The van der Waals surface area contributed by atoms with Crippen molar-refractivity contribution in [3.8, 4) is 0 Å². The van der Waals surface area contributed by atoms with Crippen LogP contribution in [0.25, 0.3) is 0 Å². The van der Waals surface area contributed by atoms with E-state index in [-0.39, 0.29) is 12.5 Å². The number of aliphatic carboxylic acids is 1. The van der Waals surface area contributed by atoms with Crippen molar-refractivity contribution < 1.29 is 19.7 Å². The quantitative estimate of drug-likeness (QED) is 0.632. The first-order chi connectivity index (χ1) is 7.20. The highest BCUT2D eigenvalue weighted by molar-refractivity contribution is 5.66. The fourth-order valence-corrected chi connectivity index (χ4v) is 1.90. The lowest BCUT2D eigenvalue weighted by molar-refractivity contribution is -0.137. The van der Waals surface area contributed by atoms with E-state index >= 15 is 0 Å². The number of aliphatic hydroxyl groups is 1. The molecule has 1 heterocycles. The molecule has 0 aliphatic carbocycles. The lowest BCUT2D eigenvalue weighted by Crippen LogP contribution is -2.17. The Balaban J connectivity index is 1.90. The molecule has 0 aromatic carbocycles. The Kier molecular flexibility index (Phi) is 5.65. The lowest BCUT2D eigenvalue weighted by atomic mass is 9.98. The smallest absolute Gasteiger partial charge is 0.303 e. The number of rotatable bonds is 7. The van der Waals surface area contributed by atoms with Crippen LogP contribution < -0.4 is 0 Å². The molecule has 0 spiro atoms. The number of carbonyl (C=O) groups is 1. The SMILES string of the molecule is O=C(O)CCCCCC[C@@H]1COC[C@@H]1O. The molecule has 0 saturated carbocycles. The minimum Gasteiger partial charge on any atom is -0.481 e. The molecule has 0 aromatic heterocycles. The summed E-state index contributed by atoms with van der Waals surface area (Å²) >= 11 is 0. The Morgan fingerprint density at radius 2 is 1.93 bits per heavy atom. The highest BCUT2D eigenvalue weighted by Crippen LogP contribution is 2.20. The van der Waals surface area contributed by atoms with Crippen molar-refractivity contribution in [1.82, 2.24) is 0 Å². The molecule has 15 heavy (non-hydrogen) atoms. The van der Waals surface area contributed by atoms with Crippen LogP contribution >= 0.6 is 0 Å². The molecule has 88 valence electrons. The molecule has 0 radical (unpaired) electrons. The van der Waals surface area contributed by atoms with E-state index < -0.39 is 5.97 Å². The van der Waals surface area contributed by atoms with Crippen LogP contribution in [0.3, 0.4) is 0 Å². The van der Waals surface area contributed by atoms with Gasteiger partial charge in [-0.2, -0.15) is 0 Å². The van der Waals surface area contributed by atoms with Crippen LogP contribution in [0.2, 0.25) is 0 Å². The Bertz CT molecular complexity index is 193. The Labute approximate surface area is 90.2 Å². The van der Waals surface area contributed by atoms with Gasteiger partial charge in [-0.25, -0.2) is 0 Å². The summed E-state index contributed by atoms with van der Waals surface area (Å²) in [5.41, 5.74) is 0. The molecule has 4 nitrogen and oxygen atoms in total. The van der Waals surface area contributed by atoms with Gasteiger partial charge < -0.3 is 14.9 Å². The number of hydrogen-bond acceptors (Lipinski definition) is 3. The average molecular weight is 216 g/mol. The van der Waals surface area contributed by atoms with Gasteiger partial charge in [0.1, 0.15) is 0 Å². The van der Waals surface area contributed by atoms with Crippen LogP contribution in [-0.4, -0.2) is 35.5 Å². The van der Waals surface area contributed by atoms with E-state index in [1.54, 1.807) is 0 Å². The Morgan fingerprint density at radius 1 is 1.20 bits per heavy atom. The fraction of sp³-hybridized carbons (Fsp3) is 0.909. The summed E-state index contributed by atoms with van der Waals surface area (Å²) in [7, 11) is 0. The molecule has 1 rings (SSSR count). The molecule has 0 amide bonds. The first-order valence-electron chi connectivity index (χ1n) is 5.67. The van der Waals surface area contributed by atoms with Crippen molar-refractivity contribution in [3.63, 3.8) is 0 Å². The largest absolute Gasteiger partial charge is 0.481 e. The van der Waals surface area contributed by atoms with Crippen molar-refractivity contribution in [2.24, 2.45) is 5.92 Å². The van der Waals surface area contributed by atoms with Crippen molar-refractivity contribution in [2.45, 2.75) is 44.6 Å². The van der Waals surface area contributed by atoms with E-state index in [2.05, 4.69) is 0 Å². The van der Waals surface area contributed by atoms with Gasteiger partial charge in [0.15, 0.2) is 0 Å². The number of unbranched alkanes of at least 4 members (excludes halogenated alkanes) is 3. The van der Waals surface area contributed by atoms with Crippen LogP contribution in [-0.2, 0) is 9.53 Å². The summed E-state index contributed by atoms with van der Waals surface area (Å²) in [6.07, 6.45) is 4.82. The van der Waals surface area contributed by atoms with Gasteiger partial charge in [0.25, 0.3) is 0 Å². The maximum Gasteiger partial charge on any atom is 0.303 e. The van der Waals surface area contributed by atoms with Crippen LogP contribution in [0.5, 0.6) is 0 Å². The molecule has 1 saturated heterocycles. The molecule has 2 N–H and O–H groups in total. The predicted molar refractivity (Wildman–Crippen MR) is 55.7 cm³/mol. The summed E-state index contributed by atoms with van der Waals surface area (Å²) in [5.74, 6) is -0.418. The second kappa shape index (κ2) is 6.80. The zero-order valence-corrected chi connectivity index (χ0v) is 9.02. The van der Waals surface area contributed by atoms with Crippen LogP contribution in [0.1, 0.15) is 38.5 Å². The summed E-state index contributed by atoms with van der Waals surface area (Å²) in [6, 6.07) is 0. The molecule has 1 aliphatic heterocycles. The number of hydrogen-bond donors (Lipinski definition) is 2. The molecular formula is C11H20O4. The fourth-order valence-electron chi connectivity index (χ4n) is 1.90. The molecule has 1 aliphatic rings. The number of ether oxygens (including phenoxy) is 1. The van der Waals surface area contributed by atoms with E-state index in [4.69, 9.17) is 9.84 Å². The summed E-state index contributed by atoms with van der Waals surface area (Å²) in [4.78, 5) is 10.2. The second-order valence-corrected chi connectivity index (χ2v) is 4.21. The van der Waals surface area contributed by atoms with Crippen molar-refractivity contribution in [1.29, 1.82) is 0 Å². The minimum absolute atomic E-state index is 0.273. The summed E-state index contributed by atoms with van der Waals surface area (Å²) in [6.45, 7) is 1.15. The monoisotopic (exact) mass is 216 g/mol.